The number of hydrogen-bond acceptors (Lipinski definition) is 2. The first-order chi connectivity index (χ1) is 8.96. The first-order valence-corrected chi connectivity index (χ1v) is 6.47. The van der Waals surface area contributed by atoms with E-state index in [-0.39, 0.29) is 11.2 Å². The predicted octanol–water partition coefficient (Wildman–Crippen LogP) is 4.48. The van der Waals surface area contributed by atoms with E-state index in [1.807, 2.05) is 42.5 Å². The van der Waals surface area contributed by atoms with E-state index in [0.717, 1.165) is 11.1 Å². The van der Waals surface area contributed by atoms with Crippen molar-refractivity contribution < 1.29 is 9.84 Å². The van der Waals surface area contributed by atoms with Crippen LogP contribution in [0.3, 0.4) is 0 Å². The van der Waals surface area contributed by atoms with Gasteiger partial charge in [-0.25, -0.2) is 0 Å². The molecule has 100 valence electrons. The summed E-state index contributed by atoms with van der Waals surface area (Å²) in [5, 5.41) is 9.85. The van der Waals surface area contributed by atoms with Gasteiger partial charge in [-0.1, -0.05) is 57.2 Å². The molecule has 0 unspecified atom stereocenters. The topological polar surface area (TPSA) is 29.5 Å². The molecule has 0 heterocycles. The Bertz CT molecular complexity index is 539. The monoisotopic (exact) mass is 256 g/mol. The lowest BCUT2D eigenvalue weighted by atomic mass is 9.98. The third-order valence-electron chi connectivity index (χ3n) is 2.73. The van der Waals surface area contributed by atoms with Crippen LogP contribution in [-0.4, -0.2) is 11.7 Å². The minimum absolute atomic E-state index is 0.0647. The van der Waals surface area contributed by atoms with Crippen LogP contribution in [0.2, 0.25) is 0 Å². The lowest BCUT2D eigenvalue weighted by Crippen LogP contribution is -2.16. The Balaban J connectivity index is 2.25. The van der Waals surface area contributed by atoms with Gasteiger partial charge in [0, 0.05) is 0 Å². The molecule has 2 aromatic rings. The number of phenolic OH excluding ortho intramolecular Hbond substituents is 1. The van der Waals surface area contributed by atoms with E-state index in [1.54, 1.807) is 6.07 Å². The van der Waals surface area contributed by atoms with Crippen molar-refractivity contribution in [3.05, 3.63) is 48.5 Å². The molecule has 19 heavy (non-hydrogen) atoms. The van der Waals surface area contributed by atoms with Crippen molar-refractivity contribution in [1.82, 2.24) is 0 Å². The standard InChI is InChI=1S/C17H20O2/c1-17(2,3)12-19-16-11-14(9-10-15(16)18)13-7-5-4-6-8-13/h4-11,18H,12H2,1-3H3. The third kappa shape index (κ3) is 3.75. The minimum Gasteiger partial charge on any atom is -0.504 e. The summed E-state index contributed by atoms with van der Waals surface area (Å²) in [4.78, 5) is 0. The smallest absolute Gasteiger partial charge is 0.161 e. The number of rotatable bonds is 3. The molecule has 0 aliphatic carbocycles. The van der Waals surface area contributed by atoms with Crippen molar-refractivity contribution in [3.8, 4) is 22.6 Å². The van der Waals surface area contributed by atoms with Crippen LogP contribution in [0, 0.1) is 5.41 Å². The van der Waals surface area contributed by atoms with E-state index in [1.165, 1.54) is 0 Å². The number of phenols is 1. The first kappa shape index (κ1) is 13.5. The van der Waals surface area contributed by atoms with Crippen molar-refractivity contribution in [3.63, 3.8) is 0 Å². The molecule has 0 saturated heterocycles. The third-order valence-corrected chi connectivity index (χ3v) is 2.73. The van der Waals surface area contributed by atoms with Crippen molar-refractivity contribution in [2.24, 2.45) is 5.41 Å². The molecule has 0 spiro atoms. The van der Waals surface area contributed by atoms with Crippen LogP contribution in [-0.2, 0) is 0 Å². The van der Waals surface area contributed by atoms with E-state index >= 15 is 0 Å². The second-order valence-electron chi connectivity index (χ2n) is 5.90. The van der Waals surface area contributed by atoms with Crippen molar-refractivity contribution in [2.45, 2.75) is 20.8 Å². The molecule has 0 atom stereocenters. The second-order valence-corrected chi connectivity index (χ2v) is 5.90. The van der Waals surface area contributed by atoms with Crippen LogP contribution >= 0.6 is 0 Å². The maximum Gasteiger partial charge on any atom is 0.161 e. The Morgan fingerprint density at radius 3 is 2.26 bits per heavy atom. The van der Waals surface area contributed by atoms with Crippen LogP contribution in [0.4, 0.5) is 0 Å². The van der Waals surface area contributed by atoms with Crippen molar-refractivity contribution in [2.75, 3.05) is 6.61 Å². The van der Waals surface area contributed by atoms with Gasteiger partial charge in [0.15, 0.2) is 11.5 Å². The molecule has 0 bridgehead atoms. The highest BCUT2D eigenvalue weighted by Gasteiger charge is 2.13. The Morgan fingerprint density at radius 1 is 0.947 bits per heavy atom. The van der Waals surface area contributed by atoms with Gasteiger partial charge in [0.05, 0.1) is 6.61 Å². The Hall–Kier alpha value is -1.96. The molecule has 0 fully saturated rings. The Kier molecular flexibility index (Phi) is 3.79. The van der Waals surface area contributed by atoms with Gasteiger partial charge in [-0.3, -0.25) is 0 Å². The van der Waals surface area contributed by atoms with Crippen LogP contribution in [0.25, 0.3) is 11.1 Å². The number of hydrogen-bond donors (Lipinski definition) is 1. The highest BCUT2D eigenvalue weighted by atomic mass is 16.5. The molecular weight excluding hydrogens is 236 g/mol. The van der Waals surface area contributed by atoms with Crippen LogP contribution < -0.4 is 4.74 Å². The quantitative estimate of drug-likeness (QED) is 0.877. The molecule has 0 aromatic heterocycles. The first-order valence-electron chi connectivity index (χ1n) is 6.47. The summed E-state index contributed by atoms with van der Waals surface area (Å²) < 4.78 is 5.71. The van der Waals surface area contributed by atoms with Gasteiger partial charge < -0.3 is 9.84 Å². The van der Waals surface area contributed by atoms with Crippen LogP contribution in [0.15, 0.2) is 48.5 Å². The van der Waals surface area contributed by atoms with E-state index < -0.39 is 0 Å². The maximum absolute atomic E-state index is 9.85. The van der Waals surface area contributed by atoms with Crippen molar-refractivity contribution >= 4 is 0 Å². The van der Waals surface area contributed by atoms with Crippen LogP contribution in [0.1, 0.15) is 20.8 Å². The van der Waals surface area contributed by atoms with Gasteiger partial charge in [0.2, 0.25) is 0 Å². The largest absolute Gasteiger partial charge is 0.504 e. The van der Waals surface area contributed by atoms with E-state index in [9.17, 15) is 5.11 Å². The normalized spacial score (nSPS) is 11.3. The fraction of sp³-hybridized carbons (Fsp3) is 0.294. The summed E-state index contributed by atoms with van der Waals surface area (Å²) >= 11 is 0. The molecule has 2 aromatic carbocycles. The van der Waals surface area contributed by atoms with Crippen molar-refractivity contribution in [1.29, 1.82) is 0 Å². The highest BCUT2D eigenvalue weighted by molar-refractivity contribution is 5.66. The molecule has 1 N–H and O–H groups in total. The lowest BCUT2D eigenvalue weighted by Gasteiger charge is -2.19. The number of aromatic hydroxyl groups is 1. The molecular formula is C17H20O2. The zero-order valence-electron chi connectivity index (χ0n) is 11.7. The summed E-state index contributed by atoms with van der Waals surface area (Å²) in [7, 11) is 0. The SMILES string of the molecule is CC(C)(C)COc1cc(-c2ccccc2)ccc1O. The summed E-state index contributed by atoms with van der Waals surface area (Å²) in [6.07, 6.45) is 0. The second kappa shape index (κ2) is 5.35. The number of ether oxygens (including phenoxy) is 1. The Labute approximate surface area is 114 Å². The molecule has 0 aliphatic rings. The van der Waals surface area contributed by atoms with Gasteiger partial charge in [0.25, 0.3) is 0 Å². The van der Waals surface area contributed by atoms with Crippen LogP contribution in [0.5, 0.6) is 11.5 Å². The van der Waals surface area contributed by atoms with Gasteiger partial charge >= 0.3 is 0 Å². The van der Waals surface area contributed by atoms with E-state index in [2.05, 4.69) is 20.8 Å². The van der Waals surface area contributed by atoms with Gasteiger partial charge in [0.1, 0.15) is 0 Å². The zero-order chi connectivity index (χ0) is 13.9. The molecule has 2 rings (SSSR count). The minimum atomic E-state index is 0.0647. The summed E-state index contributed by atoms with van der Waals surface area (Å²) in [6, 6.07) is 15.5. The Morgan fingerprint density at radius 2 is 1.63 bits per heavy atom. The predicted molar refractivity (Wildman–Crippen MR) is 78.5 cm³/mol. The van der Waals surface area contributed by atoms with Gasteiger partial charge in [-0.15, -0.1) is 0 Å². The molecule has 2 nitrogen and oxygen atoms in total. The molecule has 0 amide bonds. The fourth-order valence-corrected chi connectivity index (χ4v) is 1.73. The summed E-state index contributed by atoms with van der Waals surface area (Å²) in [6.45, 7) is 6.88. The average Bonchev–Trinajstić information content (AvgIpc) is 2.38. The summed E-state index contributed by atoms with van der Waals surface area (Å²) in [5.41, 5.74) is 2.22. The maximum atomic E-state index is 9.85. The van der Waals surface area contributed by atoms with Gasteiger partial charge in [-0.05, 0) is 28.7 Å². The number of benzene rings is 2. The average molecular weight is 256 g/mol. The van der Waals surface area contributed by atoms with Gasteiger partial charge in [-0.2, -0.15) is 0 Å². The highest BCUT2D eigenvalue weighted by Crippen LogP contribution is 2.32. The summed E-state index contributed by atoms with van der Waals surface area (Å²) in [5.74, 6) is 0.722. The molecule has 0 saturated carbocycles. The van der Waals surface area contributed by atoms with E-state index in [4.69, 9.17) is 4.74 Å². The zero-order valence-corrected chi connectivity index (χ0v) is 11.7. The van der Waals surface area contributed by atoms with E-state index in [0.29, 0.717) is 12.4 Å². The molecule has 0 radical (unpaired) electrons. The lowest BCUT2D eigenvalue weighted by molar-refractivity contribution is 0.192. The molecule has 2 heteroatoms. The molecule has 0 aliphatic heterocycles. The fourth-order valence-electron chi connectivity index (χ4n) is 1.73.